The highest BCUT2D eigenvalue weighted by atomic mass is 35.5. The van der Waals surface area contributed by atoms with E-state index in [0.29, 0.717) is 22.9 Å². The van der Waals surface area contributed by atoms with E-state index in [2.05, 4.69) is 22.1 Å². The number of hydrogen-bond acceptors (Lipinski definition) is 5. The number of fused-ring (bicyclic) bond motifs is 1. The molecule has 6 nitrogen and oxygen atoms in total. The lowest BCUT2D eigenvalue weighted by Gasteiger charge is -2.31. The third kappa shape index (κ3) is 4.47. The molecule has 1 N–H and O–H groups in total. The van der Waals surface area contributed by atoms with Crippen molar-refractivity contribution in [1.29, 1.82) is 0 Å². The maximum atomic E-state index is 12.8. The van der Waals surface area contributed by atoms with Crippen LogP contribution >= 0.6 is 11.6 Å². The van der Waals surface area contributed by atoms with Crippen molar-refractivity contribution in [2.45, 2.75) is 39.0 Å². The maximum absolute atomic E-state index is 12.8. The highest BCUT2D eigenvalue weighted by molar-refractivity contribution is 6.31. The summed E-state index contributed by atoms with van der Waals surface area (Å²) in [7, 11) is 1.58. The number of aryl methyl sites for hydroxylation is 1. The number of nitrogens with one attached hydrogen (secondary N) is 1. The number of methoxy groups -OCH3 is 1. The predicted octanol–water partition coefficient (Wildman–Crippen LogP) is 4.12. The Morgan fingerprint density at radius 3 is 2.83 bits per heavy atom. The van der Waals surface area contributed by atoms with Gasteiger partial charge >= 0.3 is 0 Å². The number of aromatic nitrogens is 2. The van der Waals surface area contributed by atoms with Crippen molar-refractivity contribution in [3.05, 3.63) is 40.7 Å². The van der Waals surface area contributed by atoms with Crippen LogP contribution in [0.5, 0.6) is 5.75 Å². The third-order valence-corrected chi connectivity index (χ3v) is 6.23. The molecule has 7 heteroatoms. The van der Waals surface area contributed by atoms with E-state index < -0.39 is 0 Å². The lowest BCUT2D eigenvalue weighted by Crippen LogP contribution is -2.35. The minimum absolute atomic E-state index is 0.0229. The van der Waals surface area contributed by atoms with Gasteiger partial charge in [-0.15, -0.1) is 0 Å². The molecule has 4 rings (SSSR count). The Morgan fingerprint density at radius 1 is 1.28 bits per heavy atom. The quantitative estimate of drug-likeness (QED) is 0.815. The summed E-state index contributed by atoms with van der Waals surface area (Å²) >= 11 is 6.07. The largest absolute Gasteiger partial charge is 0.495 e. The summed E-state index contributed by atoms with van der Waals surface area (Å²) in [6, 6.07) is 5.21. The van der Waals surface area contributed by atoms with Crippen LogP contribution in [0, 0.1) is 11.8 Å². The fourth-order valence-electron chi connectivity index (χ4n) is 4.09. The topological polar surface area (TPSA) is 67.3 Å². The van der Waals surface area contributed by atoms with Gasteiger partial charge in [-0.3, -0.25) is 4.79 Å². The summed E-state index contributed by atoms with van der Waals surface area (Å²) in [5.74, 6) is 2.08. The van der Waals surface area contributed by atoms with Crippen LogP contribution in [0.1, 0.15) is 37.4 Å². The lowest BCUT2D eigenvalue weighted by atomic mass is 9.86. The molecule has 2 aliphatic rings. The van der Waals surface area contributed by atoms with Crippen molar-refractivity contribution in [1.82, 2.24) is 9.97 Å². The van der Waals surface area contributed by atoms with Gasteiger partial charge in [0.05, 0.1) is 12.8 Å². The zero-order valence-corrected chi connectivity index (χ0v) is 17.7. The number of anilines is 2. The molecule has 1 fully saturated rings. The van der Waals surface area contributed by atoms with Gasteiger partial charge < -0.3 is 15.0 Å². The van der Waals surface area contributed by atoms with Gasteiger partial charge in [0.15, 0.2) is 0 Å². The molecule has 0 bridgehead atoms. The minimum Gasteiger partial charge on any atom is -0.495 e. The average Bonchev–Trinajstić information content (AvgIpc) is 2.73. The molecule has 1 atom stereocenters. The molecule has 1 saturated heterocycles. The molecule has 154 valence electrons. The van der Waals surface area contributed by atoms with E-state index in [1.807, 2.05) is 6.20 Å². The fraction of sp³-hybridized carbons (Fsp3) is 0.500. The van der Waals surface area contributed by atoms with Crippen LogP contribution in [0.2, 0.25) is 5.02 Å². The van der Waals surface area contributed by atoms with Gasteiger partial charge in [-0.25, -0.2) is 9.97 Å². The summed E-state index contributed by atoms with van der Waals surface area (Å²) in [4.78, 5) is 24.6. The van der Waals surface area contributed by atoms with Gasteiger partial charge in [-0.1, -0.05) is 18.5 Å². The summed E-state index contributed by atoms with van der Waals surface area (Å²) in [5.41, 5.74) is 2.75. The van der Waals surface area contributed by atoms with Crippen molar-refractivity contribution in [3.8, 4) is 5.75 Å². The van der Waals surface area contributed by atoms with Gasteiger partial charge in [-0.05, 0) is 61.8 Å². The minimum atomic E-state index is -0.114. The second-order valence-electron chi connectivity index (χ2n) is 8.09. The highest BCUT2D eigenvalue weighted by Gasteiger charge is 2.28. The summed E-state index contributed by atoms with van der Waals surface area (Å²) in [5, 5.41) is 3.53. The fourth-order valence-corrected chi connectivity index (χ4v) is 4.27. The number of ether oxygens (including phenoxy) is 1. The number of carbonyl (C=O) groups is 1. The molecule has 1 unspecified atom stereocenters. The zero-order chi connectivity index (χ0) is 20.4. The van der Waals surface area contributed by atoms with Gasteiger partial charge in [0.2, 0.25) is 11.9 Å². The van der Waals surface area contributed by atoms with E-state index >= 15 is 0 Å². The van der Waals surface area contributed by atoms with E-state index in [4.69, 9.17) is 21.3 Å². The number of hydrogen-bond donors (Lipinski definition) is 1. The monoisotopic (exact) mass is 414 g/mol. The van der Waals surface area contributed by atoms with Crippen LogP contribution in [0.3, 0.4) is 0 Å². The molecule has 0 spiro atoms. The van der Waals surface area contributed by atoms with E-state index in [1.54, 1.807) is 25.3 Å². The summed E-state index contributed by atoms with van der Waals surface area (Å²) in [6.45, 7) is 4.34. The van der Waals surface area contributed by atoms with E-state index in [-0.39, 0.29) is 11.8 Å². The first-order chi connectivity index (χ1) is 14.0. The number of benzene rings is 1. The second-order valence-corrected chi connectivity index (χ2v) is 8.52. The molecule has 1 aliphatic carbocycles. The first-order valence-corrected chi connectivity index (χ1v) is 10.7. The van der Waals surface area contributed by atoms with Gasteiger partial charge in [0.1, 0.15) is 5.75 Å². The Morgan fingerprint density at radius 2 is 2.07 bits per heavy atom. The first-order valence-electron chi connectivity index (χ1n) is 10.3. The van der Waals surface area contributed by atoms with Crippen molar-refractivity contribution in [2.24, 2.45) is 11.8 Å². The highest BCUT2D eigenvalue weighted by Crippen LogP contribution is 2.31. The Balaban J connectivity index is 1.43. The van der Waals surface area contributed by atoms with E-state index in [0.717, 1.165) is 49.1 Å². The SMILES string of the molecule is COc1ccc(Cl)cc1NC(=O)C1CCc2nc(N3CCC(C)CC3)ncc2C1. The van der Waals surface area contributed by atoms with Crippen molar-refractivity contribution < 1.29 is 9.53 Å². The smallest absolute Gasteiger partial charge is 0.227 e. The van der Waals surface area contributed by atoms with Gasteiger partial charge in [0.25, 0.3) is 0 Å². The van der Waals surface area contributed by atoms with Crippen LogP contribution in [0.15, 0.2) is 24.4 Å². The van der Waals surface area contributed by atoms with E-state index in [1.165, 1.54) is 12.8 Å². The Hall–Kier alpha value is -2.34. The number of carbonyl (C=O) groups excluding carboxylic acids is 1. The van der Waals surface area contributed by atoms with Crippen LogP contribution in [0.25, 0.3) is 0 Å². The van der Waals surface area contributed by atoms with E-state index in [9.17, 15) is 4.79 Å². The zero-order valence-electron chi connectivity index (χ0n) is 16.9. The molecule has 0 saturated carbocycles. The normalized spacial score (nSPS) is 19.6. The number of halogens is 1. The Bertz CT molecular complexity index is 896. The van der Waals surface area contributed by atoms with Crippen LogP contribution < -0.4 is 15.0 Å². The number of nitrogens with zero attached hydrogens (tertiary/aromatic N) is 3. The molecular formula is C22H27ClN4O2. The standard InChI is InChI=1S/C22H27ClN4O2/c1-14-7-9-27(10-8-14)22-24-13-16-11-15(3-5-18(16)26-22)21(28)25-19-12-17(23)4-6-20(19)29-2/h4,6,12-15H,3,5,7-11H2,1-2H3,(H,25,28). The molecule has 0 radical (unpaired) electrons. The molecule has 2 aromatic rings. The van der Waals surface area contributed by atoms with Crippen LogP contribution in [-0.4, -0.2) is 36.1 Å². The Kier molecular flexibility index (Phi) is 5.90. The molecule has 1 aromatic heterocycles. The van der Waals surface area contributed by atoms with Gasteiger partial charge in [-0.2, -0.15) is 0 Å². The molecule has 1 aliphatic heterocycles. The molecule has 1 aromatic carbocycles. The predicted molar refractivity (Wildman–Crippen MR) is 115 cm³/mol. The third-order valence-electron chi connectivity index (χ3n) is 5.99. The van der Waals surface area contributed by atoms with Gasteiger partial charge in [0, 0.05) is 35.9 Å². The van der Waals surface area contributed by atoms with Crippen molar-refractivity contribution >= 4 is 29.1 Å². The maximum Gasteiger partial charge on any atom is 0.227 e. The van der Waals surface area contributed by atoms with Crippen LogP contribution in [-0.2, 0) is 17.6 Å². The molecule has 29 heavy (non-hydrogen) atoms. The second kappa shape index (κ2) is 8.57. The van der Waals surface area contributed by atoms with Crippen molar-refractivity contribution in [3.63, 3.8) is 0 Å². The van der Waals surface area contributed by atoms with Crippen LogP contribution in [0.4, 0.5) is 11.6 Å². The number of rotatable bonds is 4. The molecule has 1 amide bonds. The average molecular weight is 415 g/mol. The lowest BCUT2D eigenvalue weighted by molar-refractivity contribution is -0.120. The Labute approximate surface area is 176 Å². The number of piperidine rings is 1. The molecular weight excluding hydrogens is 388 g/mol. The first kappa shape index (κ1) is 20.0. The van der Waals surface area contributed by atoms with Crippen molar-refractivity contribution in [2.75, 3.05) is 30.4 Å². The summed E-state index contributed by atoms with van der Waals surface area (Å²) < 4.78 is 5.32. The number of amides is 1. The molecule has 2 heterocycles. The summed E-state index contributed by atoms with van der Waals surface area (Å²) in [6.07, 6.45) is 6.51.